The molecule has 19 heavy (non-hydrogen) atoms. The van der Waals surface area contributed by atoms with Crippen LogP contribution in [0.4, 0.5) is 10.7 Å². The van der Waals surface area contributed by atoms with E-state index in [1.807, 2.05) is 0 Å². The zero-order valence-electron chi connectivity index (χ0n) is 10.9. The molecule has 6 heteroatoms. The Labute approximate surface area is 116 Å². The van der Waals surface area contributed by atoms with Crippen molar-refractivity contribution in [3.8, 4) is 0 Å². The fraction of sp³-hybridized carbons (Fsp3) is 0.692. The summed E-state index contributed by atoms with van der Waals surface area (Å²) in [4.78, 5) is 13.8. The van der Waals surface area contributed by atoms with Crippen molar-refractivity contribution in [3.63, 3.8) is 0 Å². The molecule has 1 heterocycles. The number of anilines is 1. The minimum absolute atomic E-state index is 0.161. The van der Waals surface area contributed by atoms with Crippen LogP contribution in [0, 0.1) is 16.0 Å². The lowest BCUT2D eigenvalue weighted by molar-refractivity contribution is -0.383. The molecule has 0 aromatic carbocycles. The number of hydrogen-bond acceptors (Lipinski definition) is 5. The third kappa shape index (κ3) is 2.74. The van der Waals surface area contributed by atoms with Crippen molar-refractivity contribution in [2.45, 2.75) is 44.8 Å². The van der Waals surface area contributed by atoms with E-state index in [4.69, 9.17) is 0 Å². The van der Waals surface area contributed by atoms with Crippen molar-refractivity contribution in [1.29, 1.82) is 0 Å². The van der Waals surface area contributed by atoms with Crippen LogP contribution < -0.4 is 4.90 Å². The Hall–Kier alpha value is -1.14. The number of aliphatic hydroxyl groups is 1. The molecule has 0 saturated heterocycles. The maximum Gasteiger partial charge on any atom is 0.304 e. The molecule has 104 valence electrons. The third-order valence-electron chi connectivity index (χ3n) is 3.72. The van der Waals surface area contributed by atoms with E-state index in [9.17, 15) is 15.2 Å². The highest BCUT2D eigenvalue weighted by molar-refractivity contribution is 7.16. The van der Waals surface area contributed by atoms with Crippen molar-refractivity contribution >= 4 is 22.0 Å². The van der Waals surface area contributed by atoms with Crippen LogP contribution in [0.3, 0.4) is 0 Å². The summed E-state index contributed by atoms with van der Waals surface area (Å²) in [6, 6.07) is 2.01. The Kier molecular flexibility index (Phi) is 3.22. The molecule has 1 atom stereocenters. The van der Waals surface area contributed by atoms with E-state index in [-0.39, 0.29) is 10.6 Å². The average molecular weight is 282 g/mol. The zero-order valence-corrected chi connectivity index (χ0v) is 11.7. The first-order chi connectivity index (χ1) is 9.06. The summed E-state index contributed by atoms with van der Waals surface area (Å²) in [5, 5.41) is 21.6. The van der Waals surface area contributed by atoms with Crippen molar-refractivity contribution in [2.75, 3.05) is 11.4 Å². The molecule has 0 bridgehead atoms. The highest BCUT2D eigenvalue weighted by atomic mass is 32.1. The Bertz CT molecular complexity index is 492. The number of nitro groups is 1. The van der Waals surface area contributed by atoms with Crippen LogP contribution in [0.2, 0.25) is 0 Å². The molecule has 0 radical (unpaired) electrons. The van der Waals surface area contributed by atoms with Gasteiger partial charge < -0.3 is 10.0 Å². The van der Waals surface area contributed by atoms with E-state index in [1.165, 1.54) is 30.2 Å². The maximum atomic E-state index is 11.2. The lowest BCUT2D eigenvalue weighted by Crippen LogP contribution is -2.27. The summed E-state index contributed by atoms with van der Waals surface area (Å²) >= 11 is 1.38. The number of rotatable bonds is 6. The average Bonchev–Trinajstić information content (AvgIpc) is 3.23. The third-order valence-corrected chi connectivity index (χ3v) is 5.05. The molecule has 1 aromatic heterocycles. The van der Waals surface area contributed by atoms with Crippen LogP contribution in [0.5, 0.6) is 0 Å². The first-order valence-electron chi connectivity index (χ1n) is 6.79. The van der Waals surface area contributed by atoms with Gasteiger partial charge in [0.25, 0.3) is 0 Å². The van der Waals surface area contributed by atoms with Gasteiger partial charge in [0.15, 0.2) is 5.00 Å². The number of hydrogen-bond donors (Lipinski definition) is 1. The fourth-order valence-electron chi connectivity index (χ4n) is 2.29. The van der Waals surface area contributed by atoms with Crippen LogP contribution in [-0.2, 0) is 0 Å². The molecule has 1 N–H and O–H groups in total. The van der Waals surface area contributed by atoms with Crippen LogP contribution in [0.25, 0.3) is 0 Å². The minimum Gasteiger partial charge on any atom is -0.388 e. The van der Waals surface area contributed by atoms with E-state index in [2.05, 4.69) is 4.90 Å². The van der Waals surface area contributed by atoms with Gasteiger partial charge in [0.2, 0.25) is 0 Å². The highest BCUT2D eigenvalue weighted by Gasteiger charge is 2.38. The van der Waals surface area contributed by atoms with Crippen LogP contribution in [0.15, 0.2) is 6.07 Å². The number of aliphatic hydroxyl groups excluding tert-OH is 1. The Morgan fingerprint density at radius 2 is 2.21 bits per heavy atom. The smallest absolute Gasteiger partial charge is 0.304 e. The summed E-state index contributed by atoms with van der Waals surface area (Å²) in [7, 11) is 0. The van der Waals surface area contributed by atoms with Gasteiger partial charge in [-0.2, -0.15) is 0 Å². The first kappa shape index (κ1) is 12.9. The van der Waals surface area contributed by atoms with Gasteiger partial charge in [0.05, 0.1) is 11.0 Å². The van der Waals surface area contributed by atoms with E-state index < -0.39 is 6.10 Å². The molecule has 2 aliphatic carbocycles. The molecule has 0 spiro atoms. The molecule has 1 aromatic rings. The highest BCUT2D eigenvalue weighted by Crippen LogP contribution is 2.46. The quantitative estimate of drug-likeness (QED) is 0.643. The topological polar surface area (TPSA) is 66.6 Å². The molecular weight excluding hydrogens is 264 g/mol. The number of nitrogens with zero attached hydrogens (tertiary/aromatic N) is 2. The second-order valence-corrected chi connectivity index (χ2v) is 6.66. The second-order valence-electron chi connectivity index (χ2n) is 5.60. The summed E-state index contributed by atoms with van der Waals surface area (Å²) in [6.45, 7) is 2.59. The molecule has 0 aliphatic heterocycles. The van der Waals surface area contributed by atoms with Crippen LogP contribution in [-0.4, -0.2) is 22.6 Å². The molecule has 2 saturated carbocycles. The van der Waals surface area contributed by atoms with E-state index >= 15 is 0 Å². The maximum absolute atomic E-state index is 11.2. The predicted octanol–water partition coefficient (Wildman–Crippen LogP) is 3.09. The fourth-order valence-corrected chi connectivity index (χ4v) is 3.44. The normalized spacial score (nSPS) is 20.3. The van der Waals surface area contributed by atoms with E-state index in [0.29, 0.717) is 16.8 Å². The lowest BCUT2D eigenvalue weighted by Gasteiger charge is -2.22. The summed E-state index contributed by atoms with van der Waals surface area (Å²) in [6.07, 6.45) is 4.11. The molecule has 2 aliphatic rings. The summed E-state index contributed by atoms with van der Waals surface area (Å²) in [5.74, 6) is 0.706. The Morgan fingerprint density at radius 3 is 2.68 bits per heavy atom. The van der Waals surface area contributed by atoms with Gasteiger partial charge in [-0.25, -0.2) is 0 Å². The monoisotopic (exact) mass is 282 g/mol. The molecule has 5 nitrogen and oxygen atoms in total. The van der Waals surface area contributed by atoms with Gasteiger partial charge in [0.1, 0.15) is 0 Å². The number of thiophene rings is 1. The zero-order chi connectivity index (χ0) is 13.6. The van der Waals surface area contributed by atoms with Crippen molar-refractivity contribution < 1.29 is 10.0 Å². The van der Waals surface area contributed by atoms with Gasteiger partial charge in [-0.1, -0.05) is 0 Å². The van der Waals surface area contributed by atoms with Crippen LogP contribution >= 0.6 is 11.3 Å². The molecule has 3 rings (SSSR count). The van der Waals surface area contributed by atoms with Crippen LogP contribution in [0.1, 0.15) is 43.6 Å². The lowest BCUT2D eigenvalue weighted by atomic mass is 10.3. The van der Waals surface area contributed by atoms with Gasteiger partial charge in [-0.3, -0.25) is 10.1 Å². The van der Waals surface area contributed by atoms with Crippen molar-refractivity contribution in [3.05, 3.63) is 21.1 Å². The van der Waals surface area contributed by atoms with Gasteiger partial charge in [-0.15, -0.1) is 11.3 Å². The van der Waals surface area contributed by atoms with Crippen molar-refractivity contribution in [1.82, 2.24) is 0 Å². The van der Waals surface area contributed by atoms with Gasteiger partial charge in [-0.05, 0) is 38.5 Å². The minimum atomic E-state index is -0.639. The Balaban J connectivity index is 1.92. The first-order valence-corrected chi connectivity index (χ1v) is 7.60. The molecule has 1 unspecified atom stereocenters. The summed E-state index contributed by atoms with van der Waals surface area (Å²) < 4.78 is 0. The Morgan fingerprint density at radius 1 is 1.53 bits per heavy atom. The van der Waals surface area contributed by atoms with Gasteiger partial charge in [0, 0.05) is 23.5 Å². The second kappa shape index (κ2) is 4.76. The molecule has 2 fully saturated rings. The molecular formula is C13H18N2O3S. The van der Waals surface area contributed by atoms with E-state index in [0.717, 1.165) is 24.4 Å². The largest absolute Gasteiger partial charge is 0.388 e. The standard InChI is InChI=1S/C13H18N2O3S/c1-8(16)12-6-11(15(17)18)13(19-12)14(10-4-5-10)7-9-2-3-9/h6,8-10,16H,2-5,7H2,1H3. The van der Waals surface area contributed by atoms with Gasteiger partial charge >= 0.3 is 5.69 Å². The molecule has 0 amide bonds. The van der Waals surface area contributed by atoms with Crippen molar-refractivity contribution in [2.24, 2.45) is 5.92 Å². The predicted molar refractivity (Wildman–Crippen MR) is 74.7 cm³/mol. The van der Waals surface area contributed by atoms with E-state index in [1.54, 1.807) is 6.92 Å². The summed E-state index contributed by atoms with van der Waals surface area (Å²) in [5.41, 5.74) is 0.161. The SMILES string of the molecule is CC(O)c1cc([N+](=O)[O-])c(N(CC2CC2)C2CC2)s1.